The zero-order valence-electron chi connectivity index (χ0n) is 20.5. The summed E-state index contributed by atoms with van der Waals surface area (Å²) < 4.78 is 0. The van der Waals surface area contributed by atoms with Crippen LogP contribution in [-0.4, -0.2) is 41.7 Å². The third-order valence-electron chi connectivity index (χ3n) is 6.44. The van der Waals surface area contributed by atoms with Crippen molar-refractivity contribution < 1.29 is 5.11 Å². The number of aliphatic hydroxyl groups excluding tert-OH is 1. The van der Waals surface area contributed by atoms with Crippen LogP contribution in [0.15, 0.2) is 24.4 Å². The zero-order chi connectivity index (χ0) is 23.0. The summed E-state index contributed by atoms with van der Waals surface area (Å²) in [6, 6.07) is 5.77. The first-order valence-corrected chi connectivity index (χ1v) is 13.4. The van der Waals surface area contributed by atoms with Crippen LogP contribution in [0.1, 0.15) is 102 Å². The molecule has 0 aliphatic heterocycles. The van der Waals surface area contributed by atoms with E-state index in [-0.39, 0.29) is 0 Å². The summed E-state index contributed by atoms with van der Waals surface area (Å²) in [5.74, 6) is 0. The lowest BCUT2D eigenvalue weighted by Crippen LogP contribution is -2.21. The van der Waals surface area contributed by atoms with Gasteiger partial charge in [0, 0.05) is 17.1 Å². The van der Waals surface area contributed by atoms with Crippen LogP contribution in [-0.2, 0) is 0 Å². The highest BCUT2D eigenvalue weighted by molar-refractivity contribution is 6.35. The minimum absolute atomic E-state index is 0.658. The fourth-order valence-electron chi connectivity index (χ4n) is 4.38. The summed E-state index contributed by atoms with van der Waals surface area (Å²) in [4.78, 5) is 5.67. The van der Waals surface area contributed by atoms with Crippen molar-refractivity contribution >= 4 is 22.5 Å². The molecule has 1 heterocycles. The van der Waals surface area contributed by atoms with Gasteiger partial charge in [-0.15, -0.1) is 0 Å². The number of para-hydroxylation sites is 1. The van der Waals surface area contributed by atoms with E-state index in [0.29, 0.717) is 5.02 Å². The number of nitrogens with one attached hydrogen (secondary N) is 2. The number of rotatable bonds is 19. The molecule has 0 saturated heterocycles. The molecule has 0 spiro atoms. The second-order valence-corrected chi connectivity index (χ2v) is 9.72. The molecule has 2 aromatic rings. The van der Waals surface area contributed by atoms with Crippen molar-refractivity contribution in [2.24, 2.45) is 0 Å². The average molecular weight is 464 g/mol. The molecule has 182 valence electrons. The third-order valence-corrected chi connectivity index (χ3v) is 6.75. The minimum Gasteiger partial charge on any atom is -0.374 e. The van der Waals surface area contributed by atoms with Crippen LogP contribution in [0.25, 0.3) is 10.9 Å². The SMILES string of the molecule is CCCCCCCCCN(C)CCCCCCCCNC(O)c1c[nH]c2c(Cl)cccc12. The van der Waals surface area contributed by atoms with Gasteiger partial charge in [-0.2, -0.15) is 0 Å². The van der Waals surface area contributed by atoms with Gasteiger partial charge in [-0.05, 0) is 52.0 Å². The molecule has 0 amide bonds. The monoisotopic (exact) mass is 463 g/mol. The van der Waals surface area contributed by atoms with Gasteiger partial charge in [0.15, 0.2) is 0 Å². The summed E-state index contributed by atoms with van der Waals surface area (Å²) in [7, 11) is 2.27. The highest BCUT2D eigenvalue weighted by Crippen LogP contribution is 2.28. The van der Waals surface area contributed by atoms with Gasteiger partial charge in [0.25, 0.3) is 0 Å². The van der Waals surface area contributed by atoms with Gasteiger partial charge in [0.1, 0.15) is 6.23 Å². The third kappa shape index (κ3) is 10.2. The minimum atomic E-state index is -0.658. The van der Waals surface area contributed by atoms with Crippen LogP contribution >= 0.6 is 11.6 Å². The number of aliphatic hydroxyl groups is 1. The van der Waals surface area contributed by atoms with Crippen LogP contribution < -0.4 is 5.32 Å². The molecule has 32 heavy (non-hydrogen) atoms. The summed E-state index contributed by atoms with van der Waals surface area (Å²) in [6.07, 6.45) is 18.5. The predicted octanol–water partition coefficient (Wildman–Crippen LogP) is 7.42. The van der Waals surface area contributed by atoms with E-state index in [2.05, 4.69) is 29.2 Å². The Morgan fingerprint density at radius 1 is 0.906 bits per heavy atom. The lowest BCUT2D eigenvalue weighted by Gasteiger charge is -2.16. The van der Waals surface area contributed by atoms with Crippen LogP contribution in [0.4, 0.5) is 0 Å². The van der Waals surface area contributed by atoms with Crippen molar-refractivity contribution in [3.05, 3.63) is 35.0 Å². The number of hydrogen-bond acceptors (Lipinski definition) is 3. The number of unbranched alkanes of at least 4 members (excludes halogenated alkanes) is 11. The lowest BCUT2D eigenvalue weighted by molar-refractivity contribution is 0.140. The molecular formula is C27H46ClN3O. The van der Waals surface area contributed by atoms with Gasteiger partial charge in [0.2, 0.25) is 0 Å². The summed E-state index contributed by atoms with van der Waals surface area (Å²) in [5.41, 5.74) is 1.75. The van der Waals surface area contributed by atoms with Crippen LogP contribution in [0.2, 0.25) is 5.02 Å². The van der Waals surface area contributed by atoms with Crippen molar-refractivity contribution in [2.75, 3.05) is 26.7 Å². The van der Waals surface area contributed by atoms with E-state index in [1.165, 1.54) is 90.1 Å². The molecule has 0 radical (unpaired) electrons. The van der Waals surface area contributed by atoms with Crippen LogP contribution in [0.3, 0.4) is 0 Å². The Hall–Kier alpha value is -1.07. The summed E-state index contributed by atoms with van der Waals surface area (Å²) in [5, 5.41) is 15.4. The molecule has 0 bridgehead atoms. The number of H-pyrrole nitrogens is 1. The highest BCUT2D eigenvalue weighted by Gasteiger charge is 2.13. The van der Waals surface area contributed by atoms with E-state index >= 15 is 0 Å². The second kappa shape index (κ2) is 16.5. The van der Waals surface area contributed by atoms with Gasteiger partial charge in [0.05, 0.1) is 10.5 Å². The molecule has 0 aliphatic carbocycles. The number of nitrogens with zero attached hydrogens (tertiary/aromatic N) is 1. The molecule has 0 saturated carbocycles. The van der Waals surface area contributed by atoms with E-state index in [4.69, 9.17) is 11.6 Å². The molecule has 1 atom stereocenters. The maximum Gasteiger partial charge on any atom is 0.133 e. The molecule has 2 rings (SSSR count). The van der Waals surface area contributed by atoms with Gasteiger partial charge < -0.3 is 15.0 Å². The molecule has 1 aromatic heterocycles. The molecule has 0 fully saturated rings. The topological polar surface area (TPSA) is 51.3 Å². The van der Waals surface area contributed by atoms with E-state index < -0.39 is 6.23 Å². The van der Waals surface area contributed by atoms with Crippen molar-refractivity contribution in [2.45, 2.75) is 96.6 Å². The zero-order valence-corrected chi connectivity index (χ0v) is 21.2. The van der Waals surface area contributed by atoms with Crippen molar-refractivity contribution in [3.8, 4) is 0 Å². The van der Waals surface area contributed by atoms with E-state index in [1.54, 1.807) is 0 Å². The Bertz CT molecular complexity index is 733. The Kier molecular flexibility index (Phi) is 14.0. The van der Waals surface area contributed by atoms with E-state index in [0.717, 1.165) is 29.4 Å². The molecule has 1 unspecified atom stereocenters. The largest absolute Gasteiger partial charge is 0.374 e. The smallest absolute Gasteiger partial charge is 0.133 e. The molecular weight excluding hydrogens is 418 g/mol. The maximum absolute atomic E-state index is 10.5. The average Bonchev–Trinajstić information content (AvgIpc) is 3.23. The molecule has 0 aliphatic rings. The van der Waals surface area contributed by atoms with Gasteiger partial charge in [-0.25, -0.2) is 0 Å². The lowest BCUT2D eigenvalue weighted by atomic mass is 10.1. The Balaban J connectivity index is 1.42. The second-order valence-electron chi connectivity index (χ2n) is 9.31. The number of aromatic nitrogens is 1. The molecule has 4 nitrogen and oxygen atoms in total. The van der Waals surface area contributed by atoms with Crippen LogP contribution in [0.5, 0.6) is 0 Å². The number of halogens is 1. The van der Waals surface area contributed by atoms with Crippen LogP contribution in [0, 0.1) is 0 Å². The number of benzene rings is 1. The predicted molar refractivity (Wildman–Crippen MR) is 139 cm³/mol. The molecule has 1 aromatic carbocycles. The maximum atomic E-state index is 10.5. The number of hydrogen-bond donors (Lipinski definition) is 3. The Morgan fingerprint density at radius 3 is 2.16 bits per heavy atom. The summed E-state index contributed by atoms with van der Waals surface area (Å²) in [6.45, 7) is 5.60. The Labute approximate surface area is 201 Å². The molecule has 3 N–H and O–H groups in total. The Morgan fingerprint density at radius 2 is 1.50 bits per heavy atom. The van der Waals surface area contributed by atoms with Crippen molar-refractivity contribution in [3.63, 3.8) is 0 Å². The summed E-state index contributed by atoms with van der Waals surface area (Å²) >= 11 is 6.20. The van der Waals surface area contributed by atoms with Gasteiger partial charge >= 0.3 is 0 Å². The van der Waals surface area contributed by atoms with Gasteiger partial charge in [-0.3, -0.25) is 5.32 Å². The highest BCUT2D eigenvalue weighted by atomic mass is 35.5. The fourth-order valence-corrected chi connectivity index (χ4v) is 4.61. The molecule has 5 heteroatoms. The number of fused-ring (bicyclic) bond motifs is 1. The van der Waals surface area contributed by atoms with E-state index in [1.807, 2.05) is 24.4 Å². The van der Waals surface area contributed by atoms with Crippen molar-refractivity contribution in [1.82, 2.24) is 15.2 Å². The quantitative estimate of drug-likeness (QED) is 0.150. The normalized spacial score (nSPS) is 12.8. The standard InChI is InChI=1S/C27H46ClN3O/c1-3-4-5-6-8-11-14-20-31(2)21-15-12-9-7-10-13-19-29-27(32)24-22-30-26-23(24)17-16-18-25(26)28/h16-18,22,27,29-30,32H,3-15,19-21H2,1-2H3. The first kappa shape index (κ1) is 27.2. The number of aromatic amines is 1. The van der Waals surface area contributed by atoms with Gasteiger partial charge in [-0.1, -0.05) is 94.9 Å². The first-order chi connectivity index (χ1) is 15.6. The van der Waals surface area contributed by atoms with E-state index in [9.17, 15) is 5.11 Å². The first-order valence-electron chi connectivity index (χ1n) is 13.0. The fraction of sp³-hybridized carbons (Fsp3) is 0.704. The van der Waals surface area contributed by atoms with Crippen molar-refractivity contribution in [1.29, 1.82) is 0 Å².